The van der Waals surface area contributed by atoms with Crippen LogP contribution in [-0.2, 0) is 4.79 Å². The zero-order valence-corrected chi connectivity index (χ0v) is 9.17. The first-order valence-corrected chi connectivity index (χ1v) is 5.86. The predicted octanol–water partition coefficient (Wildman–Crippen LogP) is 2.88. The Labute approximate surface area is 92.7 Å². The third kappa shape index (κ3) is 2.08. The van der Waals surface area contributed by atoms with Gasteiger partial charge in [0.2, 0.25) is 0 Å². The molecule has 15 heavy (non-hydrogen) atoms. The number of thiophene rings is 1. The molecule has 2 rings (SSSR count). The summed E-state index contributed by atoms with van der Waals surface area (Å²) in [5, 5.41) is 3.32. The average Bonchev–Trinajstić information content (AvgIpc) is 2.69. The average molecular weight is 219 g/mol. The van der Waals surface area contributed by atoms with Crippen LogP contribution in [0.3, 0.4) is 0 Å². The summed E-state index contributed by atoms with van der Waals surface area (Å²) >= 11 is 1.71. The number of carbonyl (C=O) groups excluding carboxylic acids is 1. The quantitative estimate of drug-likeness (QED) is 0.803. The van der Waals surface area contributed by atoms with Crippen LogP contribution in [0.2, 0.25) is 0 Å². The summed E-state index contributed by atoms with van der Waals surface area (Å²) in [6, 6.07) is 8.20. The van der Waals surface area contributed by atoms with Gasteiger partial charge >= 0.3 is 0 Å². The van der Waals surface area contributed by atoms with E-state index in [4.69, 9.17) is 5.73 Å². The molecule has 2 aromatic rings. The first-order chi connectivity index (χ1) is 7.33. The van der Waals surface area contributed by atoms with Crippen molar-refractivity contribution in [2.24, 2.45) is 5.73 Å². The van der Waals surface area contributed by atoms with Crippen LogP contribution in [0.15, 0.2) is 29.6 Å². The largest absolute Gasteiger partial charge is 0.324 e. The van der Waals surface area contributed by atoms with Crippen molar-refractivity contribution < 1.29 is 4.79 Å². The van der Waals surface area contributed by atoms with E-state index in [-0.39, 0.29) is 6.04 Å². The van der Waals surface area contributed by atoms with Crippen molar-refractivity contribution in [2.45, 2.75) is 18.9 Å². The van der Waals surface area contributed by atoms with Crippen molar-refractivity contribution >= 4 is 27.7 Å². The minimum absolute atomic E-state index is 0.0219. The lowest BCUT2D eigenvalue weighted by Crippen LogP contribution is -2.09. The van der Waals surface area contributed by atoms with Crippen LogP contribution in [0.1, 0.15) is 24.4 Å². The van der Waals surface area contributed by atoms with Crippen LogP contribution < -0.4 is 5.73 Å². The summed E-state index contributed by atoms with van der Waals surface area (Å²) in [6.45, 7) is 0. The van der Waals surface area contributed by atoms with Crippen molar-refractivity contribution in [3.05, 3.63) is 35.2 Å². The van der Waals surface area contributed by atoms with Crippen LogP contribution in [0.4, 0.5) is 0 Å². The number of aldehydes is 1. The van der Waals surface area contributed by atoms with Gasteiger partial charge in [0.05, 0.1) is 0 Å². The summed E-state index contributed by atoms with van der Waals surface area (Å²) in [4.78, 5) is 10.3. The Bertz CT molecular complexity index is 463. The highest BCUT2D eigenvalue weighted by atomic mass is 32.1. The first-order valence-electron chi connectivity index (χ1n) is 4.98. The van der Waals surface area contributed by atoms with E-state index in [1.165, 1.54) is 10.1 Å². The second-order valence-electron chi connectivity index (χ2n) is 3.54. The molecule has 1 unspecified atom stereocenters. The van der Waals surface area contributed by atoms with Crippen LogP contribution in [0, 0.1) is 0 Å². The van der Waals surface area contributed by atoms with Crippen molar-refractivity contribution in [3.8, 4) is 0 Å². The summed E-state index contributed by atoms with van der Waals surface area (Å²) < 4.78 is 1.26. The highest BCUT2D eigenvalue weighted by Crippen LogP contribution is 2.30. The lowest BCUT2D eigenvalue weighted by Gasteiger charge is -2.08. The van der Waals surface area contributed by atoms with Gasteiger partial charge in [-0.15, -0.1) is 11.3 Å². The topological polar surface area (TPSA) is 43.1 Å². The minimum Gasteiger partial charge on any atom is -0.324 e. The molecule has 2 nitrogen and oxygen atoms in total. The van der Waals surface area contributed by atoms with Gasteiger partial charge in [0.15, 0.2) is 0 Å². The van der Waals surface area contributed by atoms with Crippen molar-refractivity contribution in [1.82, 2.24) is 0 Å². The van der Waals surface area contributed by atoms with E-state index >= 15 is 0 Å². The molecule has 0 fully saturated rings. The maximum atomic E-state index is 10.3. The van der Waals surface area contributed by atoms with Gasteiger partial charge in [-0.05, 0) is 28.8 Å². The molecule has 1 aromatic carbocycles. The second-order valence-corrected chi connectivity index (χ2v) is 4.45. The summed E-state index contributed by atoms with van der Waals surface area (Å²) in [6.07, 6.45) is 2.18. The Morgan fingerprint density at radius 1 is 1.40 bits per heavy atom. The number of rotatable bonds is 4. The molecule has 0 saturated carbocycles. The lowest BCUT2D eigenvalue weighted by atomic mass is 10.0. The fourth-order valence-electron chi connectivity index (χ4n) is 1.69. The van der Waals surface area contributed by atoms with E-state index in [2.05, 4.69) is 17.5 Å². The number of benzene rings is 1. The lowest BCUT2D eigenvalue weighted by molar-refractivity contribution is -0.108. The molecule has 0 amide bonds. The van der Waals surface area contributed by atoms with Gasteiger partial charge < -0.3 is 10.5 Å². The molecule has 1 heterocycles. The zero-order valence-electron chi connectivity index (χ0n) is 8.35. The number of carbonyl (C=O) groups is 1. The van der Waals surface area contributed by atoms with Gasteiger partial charge in [-0.1, -0.05) is 18.2 Å². The Kier molecular flexibility index (Phi) is 3.14. The summed E-state index contributed by atoms with van der Waals surface area (Å²) in [5.41, 5.74) is 7.20. The van der Waals surface area contributed by atoms with E-state index in [1.54, 1.807) is 11.3 Å². The summed E-state index contributed by atoms with van der Waals surface area (Å²) in [5.74, 6) is 0. The maximum Gasteiger partial charge on any atom is 0.120 e. The van der Waals surface area contributed by atoms with E-state index in [9.17, 15) is 4.79 Å². The predicted molar refractivity (Wildman–Crippen MR) is 64.1 cm³/mol. The Hall–Kier alpha value is -1.19. The van der Waals surface area contributed by atoms with Crippen molar-refractivity contribution in [2.75, 3.05) is 0 Å². The smallest absolute Gasteiger partial charge is 0.120 e. The number of hydrogen-bond acceptors (Lipinski definition) is 3. The van der Waals surface area contributed by atoms with Gasteiger partial charge in [0.25, 0.3) is 0 Å². The molecule has 0 bridgehead atoms. The van der Waals surface area contributed by atoms with E-state index < -0.39 is 0 Å². The van der Waals surface area contributed by atoms with Gasteiger partial charge in [-0.2, -0.15) is 0 Å². The molecular formula is C12H13NOS. The van der Waals surface area contributed by atoms with E-state index in [0.717, 1.165) is 18.3 Å². The highest BCUT2D eigenvalue weighted by Gasteiger charge is 2.10. The SMILES string of the molecule is NC(CCC=O)c1csc2ccccc12. The number of fused-ring (bicyclic) bond motifs is 1. The monoisotopic (exact) mass is 219 g/mol. The van der Waals surface area contributed by atoms with Crippen LogP contribution >= 0.6 is 11.3 Å². The molecule has 0 aliphatic heterocycles. The molecule has 0 aliphatic rings. The molecule has 2 N–H and O–H groups in total. The molecular weight excluding hydrogens is 206 g/mol. The van der Waals surface area contributed by atoms with Crippen LogP contribution in [-0.4, -0.2) is 6.29 Å². The molecule has 0 saturated heterocycles. The molecule has 0 radical (unpaired) electrons. The van der Waals surface area contributed by atoms with E-state index in [1.807, 2.05) is 12.1 Å². The highest BCUT2D eigenvalue weighted by molar-refractivity contribution is 7.17. The fourth-order valence-corrected chi connectivity index (χ4v) is 2.71. The number of hydrogen-bond donors (Lipinski definition) is 1. The van der Waals surface area contributed by atoms with Gasteiger partial charge in [0, 0.05) is 17.2 Å². The standard InChI is InChI=1S/C12H13NOS/c13-11(5-3-7-14)10-8-15-12-6-2-1-4-9(10)12/h1-2,4,6-8,11H,3,5,13H2. The van der Waals surface area contributed by atoms with Crippen LogP contribution in [0.25, 0.3) is 10.1 Å². The zero-order chi connectivity index (χ0) is 10.7. The van der Waals surface area contributed by atoms with Crippen molar-refractivity contribution in [1.29, 1.82) is 0 Å². The van der Waals surface area contributed by atoms with Crippen LogP contribution in [0.5, 0.6) is 0 Å². The molecule has 1 aromatic heterocycles. The molecule has 0 aliphatic carbocycles. The Morgan fingerprint density at radius 3 is 3.00 bits per heavy atom. The third-order valence-electron chi connectivity index (χ3n) is 2.51. The summed E-state index contributed by atoms with van der Waals surface area (Å²) in [7, 11) is 0. The second kappa shape index (κ2) is 4.55. The molecule has 3 heteroatoms. The Balaban J connectivity index is 2.30. The maximum absolute atomic E-state index is 10.3. The number of nitrogens with two attached hydrogens (primary N) is 1. The molecule has 78 valence electrons. The van der Waals surface area contributed by atoms with Crippen molar-refractivity contribution in [3.63, 3.8) is 0 Å². The third-order valence-corrected chi connectivity index (χ3v) is 3.49. The van der Waals surface area contributed by atoms with Gasteiger partial charge in [-0.25, -0.2) is 0 Å². The van der Waals surface area contributed by atoms with Gasteiger partial charge in [0.1, 0.15) is 6.29 Å². The fraction of sp³-hybridized carbons (Fsp3) is 0.250. The minimum atomic E-state index is -0.0219. The Morgan fingerprint density at radius 2 is 2.20 bits per heavy atom. The van der Waals surface area contributed by atoms with E-state index in [0.29, 0.717) is 6.42 Å². The normalized spacial score (nSPS) is 12.9. The molecule has 1 atom stereocenters. The molecule has 0 spiro atoms. The first kappa shape index (κ1) is 10.3. The van der Waals surface area contributed by atoms with Gasteiger partial charge in [-0.3, -0.25) is 0 Å².